The number of halogens is 1. The quantitative estimate of drug-likeness (QED) is 0.846. The third-order valence-corrected chi connectivity index (χ3v) is 3.72. The van der Waals surface area contributed by atoms with E-state index in [1.807, 2.05) is 30.1 Å². The molecule has 21 heavy (non-hydrogen) atoms. The van der Waals surface area contributed by atoms with Gasteiger partial charge >= 0.3 is 0 Å². The molecule has 0 saturated heterocycles. The number of aromatic nitrogens is 2. The Balaban J connectivity index is 2.09. The summed E-state index contributed by atoms with van der Waals surface area (Å²) < 4.78 is 1.85. The Kier molecular flexibility index (Phi) is 5.83. The van der Waals surface area contributed by atoms with Crippen LogP contribution in [-0.2, 0) is 13.5 Å². The molecule has 0 aliphatic heterocycles. The standard InChI is InChI=1S/C17H24ClN3/c1-13(2)11-19-12-15(10-17-7-8-21(3)20-17)14-5-4-6-16(18)9-14/h4-9,13,15,19H,10-12H2,1-3H3. The van der Waals surface area contributed by atoms with Crippen molar-refractivity contribution in [1.82, 2.24) is 15.1 Å². The van der Waals surface area contributed by atoms with Crippen LogP contribution in [0.1, 0.15) is 31.0 Å². The largest absolute Gasteiger partial charge is 0.316 e. The van der Waals surface area contributed by atoms with E-state index < -0.39 is 0 Å². The first kappa shape index (κ1) is 16.1. The first-order valence-corrected chi connectivity index (χ1v) is 7.87. The highest BCUT2D eigenvalue weighted by Crippen LogP contribution is 2.22. The number of aryl methyl sites for hydroxylation is 1. The summed E-state index contributed by atoms with van der Waals surface area (Å²) in [5.74, 6) is 1.04. The molecule has 114 valence electrons. The lowest BCUT2D eigenvalue weighted by molar-refractivity contribution is 0.511. The van der Waals surface area contributed by atoms with E-state index in [2.05, 4.69) is 42.5 Å². The van der Waals surface area contributed by atoms with E-state index in [-0.39, 0.29) is 0 Å². The van der Waals surface area contributed by atoms with Gasteiger partial charge < -0.3 is 5.32 Å². The van der Waals surface area contributed by atoms with Crippen LogP contribution in [0, 0.1) is 5.92 Å². The van der Waals surface area contributed by atoms with Crippen molar-refractivity contribution in [3.05, 3.63) is 52.8 Å². The summed E-state index contributed by atoms with van der Waals surface area (Å²) >= 11 is 6.14. The molecular weight excluding hydrogens is 282 g/mol. The Morgan fingerprint density at radius 1 is 1.24 bits per heavy atom. The van der Waals surface area contributed by atoms with Gasteiger partial charge in [-0.25, -0.2) is 0 Å². The number of nitrogens with zero attached hydrogens (tertiary/aromatic N) is 2. The summed E-state index contributed by atoms with van der Waals surface area (Å²) in [4.78, 5) is 0. The molecule has 1 heterocycles. The van der Waals surface area contributed by atoms with E-state index in [9.17, 15) is 0 Å². The van der Waals surface area contributed by atoms with Crippen molar-refractivity contribution in [2.45, 2.75) is 26.2 Å². The van der Waals surface area contributed by atoms with E-state index in [1.165, 1.54) is 5.56 Å². The summed E-state index contributed by atoms with van der Waals surface area (Å²) in [6, 6.07) is 10.2. The molecule has 0 saturated carbocycles. The zero-order valence-corrected chi connectivity index (χ0v) is 13.8. The fourth-order valence-corrected chi connectivity index (χ4v) is 2.64. The lowest BCUT2D eigenvalue weighted by Crippen LogP contribution is -2.26. The minimum Gasteiger partial charge on any atom is -0.316 e. The zero-order chi connectivity index (χ0) is 15.2. The van der Waals surface area contributed by atoms with Gasteiger partial charge in [-0.05, 0) is 42.6 Å². The minimum absolute atomic E-state index is 0.386. The average Bonchev–Trinajstić information content (AvgIpc) is 2.83. The second-order valence-corrected chi connectivity index (χ2v) is 6.43. The monoisotopic (exact) mass is 305 g/mol. The molecule has 0 bridgehead atoms. The molecule has 0 aliphatic rings. The van der Waals surface area contributed by atoms with Gasteiger partial charge in [0, 0.05) is 30.7 Å². The Morgan fingerprint density at radius 3 is 2.67 bits per heavy atom. The van der Waals surface area contributed by atoms with Gasteiger partial charge in [0.05, 0.1) is 5.69 Å². The van der Waals surface area contributed by atoms with Crippen molar-refractivity contribution in [1.29, 1.82) is 0 Å². The minimum atomic E-state index is 0.386. The van der Waals surface area contributed by atoms with Crippen LogP contribution in [0.5, 0.6) is 0 Å². The molecule has 0 amide bonds. The Hall–Kier alpha value is -1.32. The molecule has 1 N–H and O–H groups in total. The van der Waals surface area contributed by atoms with Gasteiger partial charge in [0.2, 0.25) is 0 Å². The molecule has 1 aromatic carbocycles. The van der Waals surface area contributed by atoms with Gasteiger partial charge in [0.1, 0.15) is 0 Å². The summed E-state index contributed by atoms with van der Waals surface area (Å²) in [5.41, 5.74) is 2.39. The predicted molar refractivity (Wildman–Crippen MR) is 88.8 cm³/mol. The van der Waals surface area contributed by atoms with Crippen LogP contribution in [-0.4, -0.2) is 22.9 Å². The van der Waals surface area contributed by atoms with E-state index in [4.69, 9.17) is 11.6 Å². The van der Waals surface area contributed by atoms with Crippen molar-refractivity contribution in [3.63, 3.8) is 0 Å². The normalized spacial score (nSPS) is 12.8. The average molecular weight is 306 g/mol. The van der Waals surface area contributed by atoms with Crippen LogP contribution < -0.4 is 5.32 Å². The maximum absolute atomic E-state index is 6.14. The van der Waals surface area contributed by atoms with E-state index in [1.54, 1.807) is 0 Å². The molecule has 2 rings (SSSR count). The highest BCUT2D eigenvalue weighted by Gasteiger charge is 2.14. The highest BCUT2D eigenvalue weighted by atomic mass is 35.5. The first-order chi connectivity index (χ1) is 10.0. The number of nitrogens with one attached hydrogen (secondary N) is 1. The van der Waals surface area contributed by atoms with Crippen molar-refractivity contribution in [3.8, 4) is 0 Å². The SMILES string of the molecule is CC(C)CNCC(Cc1ccn(C)n1)c1cccc(Cl)c1. The second-order valence-electron chi connectivity index (χ2n) is 5.99. The molecule has 0 aliphatic carbocycles. The summed E-state index contributed by atoms with van der Waals surface area (Å²) in [5, 5.41) is 8.84. The second kappa shape index (κ2) is 7.62. The fourth-order valence-electron chi connectivity index (χ4n) is 2.44. The van der Waals surface area contributed by atoms with Gasteiger partial charge in [0.25, 0.3) is 0 Å². The highest BCUT2D eigenvalue weighted by molar-refractivity contribution is 6.30. The number of benzene rings is 1. The summed E-state index contributed by atoms with van der Waals surface area (Å²) in [6.45, 7) is 6.41. The first-order valence-electron chi connectivity index (χ1n) is 7.49. The van der Waals surface area contributed by atoms with Crippen LogP contribution >= 0.6 is 11.6 Å². The molecule has 0 spiro atoms. The smallest absolute Gasteiger partial charge is 0.0631 e. The van der Waals surface area contributed by atoms with Crippen molar-refractivity contribution in [2.75, 3.05) is 13.1 Å². The predicted octanol–water partition coefficient (Wildman–Crippen LogP) is 3.65. The molecule has 2 aromatic rings. The van der Waals surface area contributed by atoms with Crippen LogP contribution in [0.25, 0.3) is 0 Å². The van der Waals surface area contributed by atoms with Gasteiger partial charge in [-0.2, -0.15) is 5.10 Å². The van der Waals surface area contributed by atoms with Crippen molar-refractivity contribution in [2.24, 2.45) is 13.0 Å². The van der Waals surface area contributed by atoms with Crippen molar-refractivity contribution >= 4 is 11.6 Å². The molecule has 1 atom stereocenters. The fraction of sp³-hybridized carbons (Fsp3) is 0.471. The number of hydrogen-bond donors (Lipinski definition) is 1. The zero-order valence-electron chi connectivity index (χ0n) is 13.0. The Labute approximate surface area is 132 Å². The Morgan fingerprint density at radius 2 is 2.05 bits per heavy atom. The van der Waals surface area contributed by atoms with Gasteiger partial charge in [-0.15, -0.1) is 0 Å². The van der Waals surface area contributed by atoms with E-state index in [0.717, 1.165) is 30.2 Å². The third kappa shape index (κ3) is 5.18. The molecular formula is C17H24ClN3. The van der Waals surface area contributed by atoms with Gasteiger partial charge in [-0.1, -0.05) is 37.6 Å². The summed E-state index contributed by atoms with van der Waals surface area (Å²) in [7, 11) is 1.95. The van der Waals surface area contributed by atoms with Gasteiger partial charge in [0.15, 0.2) is 0 Å². The maximum atomic E-state index is 6.14. The van der Waals surface area contributed by atoms with Crippen LogP contribution in [0.3, 0.4) is 0 Å². The van der Waals surface area contributed by atoms with Crippen LogP contribution in [0.2, 0.25) is 5.02 Å². The van der Waals surface area contributed by atoms with Crippen molar-refractivity contribution < 1.29 is 0 Å². The summed E-state index contributed by atoms with van der Waals surface area (Å²) in [6.07, 6.45) is 2.91. The van der Waals surface area contributed by atoms with Crippen LogP contribution in [0.4, 0.5) is 0 Å². The van der Waals surface area contributed by atoms with Crippen LogP contribution in [0.15, 0.2) is 36.5 Å². The van der Waals surface area contributed by atoms with E-state index in [0.29, 0.717) is 11.8 Å². The topological polar surface area (TPSA) is 29.9 Å². The number of rotatable bonds is 7. The van der Waals surface area contributed by atoms with Gasteiger partial charge in [-0.3, -0.25) is 4.68 Å². The Bertz CT molecular complexity index is 563. The lowest BCUT2D eigenvalue weighted by atomic mass is 9.94. The number of hydrogen-bond acceptors (Lipinski definition) is 2. The lowest BCUT2D eigenvalue weighted by Gasteiger charge is -2.18. The molecule has 0 fully saturated rings. The third-order valence-electron chi connectivity index (χ3n) is 3.49. The molecule has 3 nitrogen and oxygen atoms in total. The van der Waals surface area contributed by atoms with E-state index >= 15 is 0 Å². The molecule has 1 aromatic heterocycles. The molecule has 1 unspecified atom stereocenters. The molecule has 0 radical (unpaired) electrons. The molecule has 4 heteroatoms. The maximum Gasteiger partial charge on any atom is 0.0631 e.